The topological polar surface area (TPSA) is 91.6 Å². The molecule has 2 aromatic carbocycles. The maximum absolute atomic E-state index is 14.0. The van der Waals surface area contributed by atoms with Gasteiger partial charge in [0.1, 0.15) is 23.2 Å². The van der Waals surface area contributed by atoms with Gasteiger partial charge in [0.05, 0.1) is 6.54 Å². The first-order chi connectivity index (χ1) is 17.2. The second-order valence-corrected chi connectivity index (χ2v) is 9.27. The fourth-order valence-corrected chi connectivity index (χ4v) is 4.10. The Morgan fingerprint density at radius 2 is 1.67 bits per heavy atom. The first-order valence-corrected chi connectivity index (χ1v) is 11.9. The van der Waals surface area contributed by atoms with Crippen molar-refractivity contribution in [2.45, 2.75) is 33.4 Å². The maximum Gasteiger partial charge on any atom is 0.257 e. The molecule has 1 saturated heterocycles. The van der Waals surface area contributed by atoms with Crippen LogP contribution >= 0.6 is 0 Å². The first-order valence-electron chi connectivity index (χ1n) is 11.9. The summed E-state index contributed by atoms with van der Waals surface area (Å²) in [6.07, 6.45) is 0. The molecule has 10 heteroatoms. The van der Waals surface area contributed by atoms with Gasteiger partial charge in [-0.3, -0.25) is 14.5 Å². The number of hydrogen-bond donors (Lipinski definition) is 1. The van der Waals surface area contributed by atoms with E-state index in [1.807, 2.05) is 31.2 Å². The third-order valence-electron chi connectivity index (χ3n) is 6.23. The highest BCUT2D eigenvalue weighted by Gasteiger charge is 2.32. The molecule has 2 amide bonds. The Labute approximate surface area is 208 Å². The molecule has 1 fully saturated rings. The fourth-order valence-electron chi connectivity index (χ4n) is 4.10. The lowest BCUT2D eigenvalue weighted by atomic mass is 10.0. The van der Waals surface area contributed by atoms with Crippen molar-refractivity contribution in [3.05, 3.63) is 71.1 Å². The summed E-state index contributed by atoms with van der Waals surface area (Å²) in [4.78, 5) is 34.0. The summed E-state index contributed by atoms with van der Waals surface area (Å²) in [6, 6.07) is 10.2. The molecule has 1 aliphatic rings. The average molecular weight is 498 g/mol. The van der Waals surface area contributed by atoms with E-state index in [9.17, 15) is 18.4 Å². The van der Waals surface area contributed by atoms with E-state index >= 15 is 0 Å². The van der Waals surface area contributed by atoms with Crippen LogP contribution in [0.4, 0.5) is 8.78 Å². The Bertz CT molecular complexity index is 1200. The van der Waals surface area contributed by atoms with E-state index in [-0.39, 0.29) is 11.8 Å². The van der Waals surface area contributed by atoms with Crippen LogP contribution in [0.5, 0.6) is 0 Å². The SMILES string of the molecule is Cc1ccc(-c2noc(CN3CCN(C(=O)C(NC(=O)c4c(F)cccc4F)C(C)C)CC3)n2)cc1. The molecule has 1 aliphatic heterocycles. The van der Waals surface area contributed by atoms with E-state index in [4.69, 9.17) is 4.52 Å². The lowest BCUT2D eigenvalue weighted by Crippen LogP contribution is -2.56. The largest absolute Gasteiger partial charge is 0.340 e. The van der Waals surface area contributed by atoms with Crippen LogP contribution in [-0.4, -0.2) is 64.0 Å². The Hall–Kier alpha value is -3.66. The van der Waals surface area contributed by atoms with Crippen LogP contribution in [0.2, 0.25) is 0 Å². The lowest BCUT2D eigenvalue weighted by molar-refractivity contribution is -0.136. The number of nitrogens with zero attached hydrogens (tertiary/aromatic N) is 4. The zero-order valence-corrected chi connectivity index (χ0v) is 20.5. The number of amides is 2. The highest BCUT2D eigenvalue weighted by atomic mass is 19.1. The molecular formula is C26H29F2N5O3. The summed E-state index contributed by atoms with van der Waals surface area (Å²) >= 11 is 0. The number of halogens is 2. The molecule has 190 valence electrons. The van der Waals surface area contributed by atoms with Gasteiger partial charge in [0.15, 0.2) is 0 Å². The lowest BCUT2D eigenvalue weighted by Gasteiger charge is -2.36. The molecule has 0 spiro atoms. The Kier molecular flexibility index (Phi) is 7.73. The Morgan fingerprint density at radius 3 is 2.28 bits per heavy atom. The molecule has 1 atom stereocenters. The van der Waals surface area contributed by atoms with Crippen LogP contribution in [0.1, 0.15) is 35.7 Å². The summed E-state index contributed by atoms with van der Waals surface area (Å²) in [5, 5.41) is 6.59. The van der Waals surface area contributed by atoms with Gasteiger partial charge in [-0.1, -0.05) is 54.9 Å². The number of carbonyl (C=O) groups excluding carboxylic acids is 2. The highest BCUT2D eigenvalue weighted by molar-refractivity contribution is 5.98. The van der Waals surface area contributed by atoms with Crippen LogP contribution in [-0.2, 0) is 11.3 Å². The molecule has 2 heterocycles. The number of hydrogen-bond acceptors (Lipinski definition) is 6. The minimum absolute atomic E-state index is 0.270. The third kappa shape index (κ3) is 5.76. The van der Waals surface area contributed by atoms with Gasteiger partial charge >= 0.3 is 0 Å². The van der Waals surface area contributed by atoms with Crippen molar-refractivity contribution in [2.24, 2.45) is 5.92 Å². The van der Waals surface area contributed by atoms with Gasteiger partial charge in [-0.2, -0.15) is 4.98 Å². The molecule has 1 aromatic heterocycles. The third-order valence-corrected chi connectivity index (χ3v) is 6.23. The van der Waals surface area contributed by atoms with Crippen molar-refractivity contribution < 1.29 is 22.9 Å². The van der Waals surface area contributed by atoms with E-state index in [2.05, 4.69) is 20.4 Å². The molecule has 4 rings (SSSR count). The van der Waals surface area contributed by atoms with Gasteiger partial charge in [-0.15, -0.1) is 0 Å². The summed E-state index contributed by atoms with van der Waals surface area (Å²) in [7, 11) is 0. The second kappa shape index (κ2) is 10.9. The van der Waals surface area contributed by atoms with Crippen molar-refractivity contribution in [3.63, 3.8) is 0 Å². The standard InChI is InChI=1S/C26H29F2N5O3/c1-16(2)23(30-25(34)22-19(27)5-4-6-20(22)28)26(35)33-13-11-32(12-14-33)15-21-29-24(31-36-21)18-9-7-17(3)8-10-18/h4-10,16,23H,11-15H2,1-3H3,(H,30,34). The minimum atomic E-state index is -0.970. The van der Waals surface area contributed by atoms with E-state index in [0.717, 1.165) is 23.3 Å². The van der Waals surface area contributed by atoms with Crippen LogP contribution < -0.4 is 5.32 Å². The van der Waals surface area contributed by atoms with Crippen LogP contribution in [0.25, 0.3) is 11.4 Å². The molecule has 3 aromatic rings. The molecule has 0 bridgehead atoms. The number of rotatable bonds is 7. The molecule has 0 radical (unpaired) electrons. The summed E-state index contributed by atoms with van der Waals surface area (Å²) in [6.45, 7) is 8.04. The van der Waals surface area contributed by atoms with Gasteiger partial charge in [0.2, 0.25) is 17.6 Å². The van der Waals surface area contributed by atoms with Crippen LogP contribution in [0.3, 0.4) is 0 Å². The number of aryl methyl sites for hydroxylation is 1. The van der Waals surface area contributed by atoms with Crippen molar-refractivity contribution in [1.82, 2.24) is 25.3 Å². The molecule has 1 N–H and O–H groups in total. The van der Waals surface area contributed by atoms with E-state index in [0.29, 0.717) is 44.4 Å². The number of nitrogens with one attached hydrogen (secondary N) is 1. The summed E-state index contributed by atoms with van der Waals surface area (Å²) < 4.78 is 33.5. The average Bonchev–Trinajstić information content (AvgIpc) is 3.31. The zero-order chi connectivity index (χ0) is 25.8. The van der Waals surface area contributed by atoms with Crippen LogP contribution in [0, 0.1) is 24.5 Å². The van der Waals surface area contributed by atoms with Crippen molar-refractivity contribution in [3.8, 4) is 11.4 Å². The summed E-state index contributed by atoms with van der Waals surface area (Å²) in [5.74, 6) is -2.42. The molecule has 8 nitrogen and oxygen atoms in total. The van der Waals surface area contributed by atoms with Crippen molar-refractivity contribution >= 4 is 11.8 Å². The van der Waals surface area contributed by atoms with Gasteiger partial charge < -0.3 is 14.7 Å². The van der Waals surface area contributed by atoms with E-state index in [1.54, 1.807) is 18.7 Å². The minimum Gasteiger partial charge on any atom is -0.340 e. The Balaban J connectivity index is 1.34. The summed E-state index contributed by atoms with van der Waals surface area (Å²) in [5.41, 5.74) is 1.34. The van der Waals surface area contributed by atoms with Crippen molar-refractivity contribution in [1.29, 1.82) is 0 Å². The molecule has 1 unspecified atom stereocenters. The van der Waals surface area contributed by atoms with Gasteiger partial charge in [-0.25, -0.2) is 8.78 Å². The van der Waals surface area contributed by atoms with E-state index < -0.39 is 29.1 Å². The number of carbonyl (C=O) groups is 2. The Morgan fingerprint density at radius 1 is 1.03 bits per heavy atom. The molecule has 0 aliphatic carbocycles. The number of aromatic nitrogens is 2. The van der Waals surface area contributed by atoms with Gasteiger partial charge in [-0.05, 0) is 25.0 Å². The highest BCUT2D eigenvalue weighted by Crippen LogP contribution is 2.18. The van der Waals surface area contributed by atoms with Crippen LogP contribution in [0.15, 0.2) is 47.0 Å². The second-order valence-electron chi connectivity index (χ2n) is 9.27. The van der Waals surface area contributed by atoms with Gasteiger partial charge in [0, 0.05) is 31.7 Å². The predicted molar refractivity (Wildman–Crippen MR) is 129 cm³/mol. The normalized spacial score (nSPS) is 15.2. The monoisotopic (exact) mass is 497 g/mol. The smallest absolute Gasteiger partial charge is 0.257 e. The number of benzene rings is 2. The molecule has 0 saturated carbocycles. The quantitative estimate of drug-likeness (QED) is 0.538. The fraction of sp³-hybridized carbons (Fsp3) is 0.385. The molecule has 36 heavy (non-hydrogen) atoms. The molecular weight excluding hydrogens is 468 g/mol. The maximum atomic E-state index is 14.0. The van der Waals surface area contributed by atoms with Gasteiger partial charge in [0.25, 0.3) is 5.91 Å². The predicted octanol–water partition coefficient (Wildman–Crippen LogP) is 3.42. The first kappa shape index (κ1) is 25.4. The zero-order valence-electron chi connectivity index (χ0n) is 20.5. The van der Waals surface area contributed by atoms with Crippen molar-refractivity contribution in [2.75, 3.05) is 26.2 Å². The van der Waals surface area contributed by atoms with E-state index in [1.165, 1.54) is 6.07 Å². The number of piperazine rings is 1.